The summed E-state index contributed by atoms with van der Waals surface area (Å²) in [6, 6.07) is 0. The van der Waals surface area contributed by atoms with Crippen LogP contribution >= 0.6 is 0 Å². The van der Waals surface area contributed by atoms with Crippen LogP contribution in [0.3, 0.4) is 0 Å². The quantitative estimate of drug-likeness (QED) is 0.353. The predicted molar refractivity (Wildman–Crippen MR) is 133 cm³/mol. The Morgan fingerprint density at radius 2 is 1.00 bits per heavy atom. The number of amides is 1. The van der Waals surface area contributed by atoms with E-state index < -0.39 is 0 Å². The lowest BCUT2D eigenvalue weighted by Gasteiger charge is -2.46. The molecule has 0 fully saturated rings. The van der Waals surface area contributed by atoms with Crippen LogP contribution in [0.4, 0.5) is 0 Å². The molecule has 0 saturated heterocycles. The van der Waals surface area contributed by atoms with Crippen molar-refractivity contribution < 1.29 is 4.79 Å². The molecule has 0 bridgehead atoms. The number of hydrogen-bond donors (Lipinski definition) is 3. The van der Waals surface area contributed by atoms with Gasteiger partial charge in [-0.1, -0.05) is 20.8 Å². The van der Waals surface area contributed by atoms with Gasteiger partial charge in [0, 0.05) is 23.0 Å². The van der Waals surface area contributed by atoms with Crippen molar-refractivity contribution in [3.8, 4) is 0 Å². The van der Waals surface area contributed by atoms with Gasteiger partial charge in [0.2, 0.25) is 5.91 Å². The zero-order valence-corrected chi connectivity index (χ0v) is 22.6. The predicted octanol–water partition coefficient (Wildman–Crippen LogP) is 6.05. The third-order valence-corrected chi connectivity index (χ3v) is 5.91. The second-order valence-corrected chi connectivity index (χ2v) is 13.4. The largest absolute Gasteiger partial charge is 0.352 e. The highest BCUT2D eigenvalue weighted by Gasteiger charge is 2.41. The van der Waals surface area contributed by atoms with Crippen LogP contribution < -0.4 is 16.0 Å². The topological polar surface area (TPSA) is 53.2 Å². The van der Waals surface area contributed by atoms with E-state index in [9.17, 15) is 4.79 Å². The van der Waals surface area contributed by atoms with E-state index in [1.54, 1.807) is 0 Å². The third kappa shape index (κ3) is 13.6. The van der Waals surface area contributed by atoms with E-state index in [1.165, 1.54) is 0 Å². The van der Waals surface area contributed by atoms with Gasteiger partial charge in [0.15, 0.2) is 0 Å². The van der Waals surface area contributed by atoms with Gasteiger partial charge in [-0.25, -0.2) is 0 Å². The first-order chi connectivity index (χ1) is 13.3. The number of carbonyl (C=O) groups is 1. The summed E-state index contributed by atoms with van der Waals surface area (Å²) in [6.07, 6.45) is 6.14. The molecule has 0 unspecified atom stereocenters. The van der Waals surface area contributed by atoms with Gasteiger partial charge in [0.1, 0.15) is 0 Å². The van der Waals surface area contributed by atoms with Crippen LogP contribution in [0.25, 0.3) is 0 Å². The smallest absolute Gasteiger partial charge is 0.220 e. The molecule has 0 rings (SSSR count). The van der Waals surface area contributed by atoms with Crippen LogP contribution in [-0.2, 0) is 4.79 Å². The third-order valence-electron chi connectivity index (χ3n) is 5.91. The molecule has 3 N–H and O–H groups in total. The molecule has 0 atom stereocenters. The Bertz CT molecular complexity index is 476. The van der Waals surface area contributed by atoms with Gasteiger partial charge in [-0.05, 0) is 118 Å². The van der Waals surface area contributed by atoms with Crippen LogP contribution in [0.15, 0.2) is 0 Å². The lowest BCUT2D eigenvalue weighted by Crippen LogP contribution is -2.43. The average molecular weight is 426 g/mol. The molecule has 4 heteroatoms. The molecule has 0 aromatic heterocycles. The number of carbonyl (C=O) groups excluding carboxylic acids is 1. The summed E-state index contributed by atoms with van der Waals surface area (Å²) in [5, 5.41) is 10.4. The minimum absolute atomic E-state index is 0.146. The van der Waals surface area contributed by atoms with Crippen molar-refractivity contribution in [3.63, 3.8) is 0 Å². The normalized spacial score (nSPS) is 14.1. The molecule has 0 aliphatic rings. The van der Waals surface area contributed by atoms with E-state index in [2.05, 4.69) is 99.0 Å². The molecule has 0 saturated carbocycles. The molecule has 0 aliphatic carbocycles. The van der Waals surface area contributed by atoms with E-state index in [0.29, 0.717) is 6.42 Å². The van der Waals surface area contributed by atoms with E-state index in [-0.39, 0.29) is 33.4 Å². The zero-order chi connectivity index (χ0) is 23.9. The number of nitrogens with one attached hydrogen (secondary N) is 3. The standard InChI is InChI=1S/C26H55N3O/c1-22(2,3)26(16-13-19-27-23(4,5)6,17-14-20-28-24(7,8)9)18-15-21(30)29-25(10,11)12/h27-28H,13-20H2,1-12H3,(H,29,30). The molecule has 0 aromatic carbocycles. The van der Waals surface area contributed by atoms with Gasteiger partial charge in [-0.2, -0.15) is 0 Å². The van der Waals surface area contributed by atoms with Crippen molar-refractivity contribution in [1.82, 2.24) is 16.0 Å². The molecule has 0 aromatic rings. The average Bonchev–Trinajstić information content (AvgIpc) is 2.47. The molecule has 0 spiro atoms. The van der Waals surface area contributed by atoms with Gasteiger partial charge in [-0.3, -0.25) is 4.79 Å². The lowest BCUT2D eigenvalue weighted by atomic mass is 9.59. The molecule has 180 valence electrons. The minimum Gasteiger partial charge on any atom is -0.352 e. The van der Waals surface area contributed by atoms with Crippen molar-refractivity contribution in [2.45, 2.75) is 138 Å². The fourth-order valence-electron chi connectivity index (χ4n) is 4.11. The summed E-state index contributed by atoms with van der Waals surface area (Å²) in [6.45, 7) is 28.6. The van der Waals surface area contributed by atoms with E-state index in [0.717, 1.165) is 45.2 Å². The van der Waals surface area contributed by atoms with Crippen LogP contribution in [0, 0.1) is 10.8 Å². The summed E-state index contributed by atoms with van der Waals surface area (Å²) in [4.78, 5) is 12.6. The van der Waals surface area contributed by atoms with Gasteiger partial charge in [0.05, 0.1) is 0 Å². The SMILES string of the molecule is CC(C)(C)NCCCC(CCCNC(C)(C)C)(CCC(=O)NC(C)(C)C)C(C)(C)C. The van der Waals surface area contributed by atoms with Crippen molar-refractivity contribution in [2.24, 2.45) is 10.8 Å². The van der Waals surface area contributed by atoms with Crippen molar-refractivity contribution >= 4 is 5.91 Å². The van der Waals surface area contributed by atoms with Gasteiger partial charge in [-0.15, -0.1) is 0 Å². The molecule has 1 amide bonds. The molecule has 4 nitrogen and oxygen atoms in total. The van der Waals surface area contributed by atoms with E-state index in [4.69, 9.17) is 0 Å². The number of hydrogen-bond acceptors (Lipinski definition) is 3. The highest BCUT2D eigenvalue weighted by Crippen LogP contribution is 2.49. The Balaban J connectivity index is 5.27. The lowest BCUT2D eigenvalue weighted by molar-refractivity contribution is -0.123. The summed E-state index contributed by atoms with van der Waals surface area (Å²) < 4.78 is 0. The van der Waals surface area contributed by atoms with Crippen LogP contribution in [0.1, 0.15) is 122 Å². The van der Waals surface area contributed by atoms with E-state index >= 15 is 0 Å². The monoisotopic (exact) mass is 425 g/mol. The van der Waals surface area contributed by atoms with Gasteiger partial charge in [0.25, 0.3) is 0 Å². The summed E-state index contributed by atoms with van der Waals surface area (Å²) >= 11 is 0. The first kappa shape index (κ1) is 29.4. The Labute approximate surface area is 189 Å². The molecular weight excluding hydrogens is 370 g/mol. The molecule has 0 radical (unpaired) electrons. The Kier molecular flexibility index (Phi) is 11.1. The molecule has 0 heterocycles. The Morgan fingerprint density at radius 1 is 0.600 bits per heavy atom. The Morgan fingerprint density at radius 3 is 1.30 bits per heavy atom. The molecule has 0 aliphatic heterocycles. The fraction of sp³-hybridized carbons (Fsp3) is 0.962. The second-order valence-electron chi connectivity index (χ2n) is 13.4. The first-order valence-electron chi connectivity index (χ1n) is 12.1. The van der Waals surface area contributed by atoms with Crippen LogP contribution in [-0.4, -0.2) is 35.6 Å². The minimum atomic E-state index is -0.172. The zero-order valence-electron chi connectivity index (χ0n) is 22.6. The highest BCUT2D eigenvalue weighted by atomic mass is 16.1. The first-order valence-corrected chi connectivity index (χ1v) is 12.1. The number of rotatable bonds is 11. The van der Waals surface area contributed by atoms with Crippen LogP contribution in [0.2, 0.25) is 0 Å². The fourth-order valence-corrected chi connectivity index (χ4v) is 4.11. The van der Waals surface area contributed by atoms with Crippen molar-refractivity contribution in [1.29, 1.82) is 0 Å². The summed E-state index contributed by atoms with van der Waals surface area (Å²) in [7, 11) is 0. The maximum absolute atomic E-state index is 12.6. The van der Waals surface area contributed by atoms with Gasteiger partial charge < -0.3 is 16.0 Å². The molecular formula is C26H55N3O. The highest BCUT2D eigenvalue weighted by molar-refractivity contribution is 5.76. The van der Waals surface area contributed by atoms with Crippen molar-refractivity contribution in [2.75, 3.05) is 13.1 Å². The second kappa shape index (κ2) is 11.3. The van der Waals surface area contributed by atoms with Crippen LogP contribution in [0.5, 0.6) is 0 Å². The van der Waals surface area contributed by atoms with E-state index in [1.807, 2.05) is 0 Å². The Hall–Kier alpha value is -0.610. The summed E-state index contributed by atoms with van der Waals surface area (Å²) in [5.74, 6) is 0.178. The van der Waals surface area contributed by atoms with Crippen molar-refractivity contribution in [3.05, 3.63) is 0 Å². The maximum Gasteiger partial charge on any atom is 0.220 e. The molecule has 30 heavy (non-hydrogen) atoms. The maximum atomic E-state index is 12.6. The summed E-state index contributed by atoms with van der Waals surface area (Å²) in [5.41, 5.74) is 0.426. The van der Waals surface area contributed by atoms with Gasteiger partial charge >= 0.3 is 0 Å².